The molecular formula is C23H21N5O2. The molecule has 0 bridgehead atoms. The lowest BCUT2D eigenvalue weighted by molar-refractivity contribution is 0.0827. The predicted molar refractivity (Wildman–Crippen MR) is 114 cm³/mol. The summed E-state index contributed by atoms with van der Waals surface area (Å²) in [5.74, 6) is 0.701. The Bertz CT molecular complexity index is 1200. The zero-order valence-corrected chi connectivity index (χ0v) is 17.2. The van der Waals surface area contributed by atoms with Gasteiger partial charge >= 0.3 is 0 Å². The first-order chi connectivity index (χ1) is 14.4. The number of carbonyl (C=O) groups is 1. The van der Waals surface area contributed by atoms with E-state index in [4.69, 9.17) is 4.42 Å². The first-order valence-electron chi connectivity index (χ1n) is 9.49. The van der Waals surface area contributed by atoms with Gasteiger partial charge in [0, 0.05) is 30.8 Å². The van der Waals surface area contributed by atoms with Crippen LogP contribution in [0.25, 0.3) is 34.3 Å². The molecule has 0 radical (unpaired) electrons. The first-order valence-corrected chi connectivity index (χ1v) is 9.49. The van der Waals surface area contributed by atoms with Crippen molar-refractivity contribution in [2.45, 2.75) is 13.8 Å². The number of aryl methyl sites for hydroxylation is 2. The second-order valence-corrected chi connectivity index (χ2v) is 7.24. The van der Waals surface area contributed by atoms with E-state index in [-0.39, 0.29) is 5.91 Å². The van der Waals surface area contributed by atoms with E-state index in [0.717, 1.165) is 16.7 Å². The highest BCUT2D eigenvalue weighted by molar-refractivity contribution is 5.94. The molecule has 0 saturated heterocycles. The van der Waals surface area contributed by atoms with E-state index in [9.17, 15) is 4.79 Å². The highest BCUT2D eigenvalue weighted by Crippen LogP contribution is 2.27. The second kappa shape index (κ2) is 7.87. The molecule has 0 unspecified atom stereocenters. The van der Waals surface area contributed by atoms with Crippen molar-refractivity contribution in [1.82, 2.24) is 25.1 Å². The predicted octanol–water partition coefficient (Wildman–Crippen LogP) is 4.18. The Morgan fingerprint density at radius 3 is 2.17 bits per heavy atom. The summed E-state index contributed by atoms with van der Waals surface area (Å²) in [4.78, 5) is 22.8. The van der Waals surface area contributed by atoms with Crippen molar-refractivity contribution in [2.75, 3.05) is 14.1 Å². The lowest BCUT2D eigenvalue weighted by Gasteiger charge is -2.10. The minimum Gasteiger partial charge on any atom is -0.415 e. The van der Waals surface area contributed by atoms with Crippen molar-refractivity contribution >= 4 is 5.91 Å². The summed E-state index contributed by atoms with van der Waals surface area (Å²) >= 11 is 0. The van der Waals surface area contributed by atoms with Gasteiger partial charge in [0.2, 0.25) is 5.89 Å². The van der Waals surface area contributed by atoms with Crippen LogP contribution in [0.5, 0.6) is 0 Å². The molecule has 0 atom stereocenters. The standard InChI is InChI=1S/C23H21N5O2/c1-14-5-7-17(8-6-14)21-26-27-22(30-21)20-15(2)24-13-19(25-20)16-9-11-18(12-10-16)23(29)28(3)4/h5-13H,1-4H3. The van der Waals surface area contributed by atoms with Crippen LogP contribution in [0.15, 0.2) is 59.1 Å². The van der Waals surface area contributed by atoms with Crippen LogP contribution < -0.4 is 0 Å². The number of hydrogen-bond donors (Lipinski definition) is 0. The molecule has 2 aromatic heterocycles. The van der Waals surface area contributed by atoms with Gasteiger partial charge in [0.05, 0.1) is 17.6 Å². The zero-order chi connectivity index (χ0) is 21.3. The van der Waals surface area contributed by atoms with Crippen LogP contribution in [0.4, 0.5) is 0 Å². The maximum absolute atomic E-state index is 12.1. The number of rotatable bonds is 4. The number of hydrogen-bond acceptors (Lipinski definition) is 6. The molecule has 2 aromatic carbocycles. The molecule has 0 N–H and O–H groups in total. The Kier molecular flexibility index (Phi) is 5.10. The zero-order valence-electron chi connectivity index (χ0n) is 17.2. The van der Waals surface area contributed by atoms with Crippen LogP contribution in [0.2, 0.25) is 0 Å². The largest absolute Gasteiger partial charge is 0.415 e. The number of nitrogens with zero attached hydrogens (tertiary/aromatic N) is 5. The van der Waals surface area contributed by atoms with Crippen molar-refractivity contribution in [3.05, 3.63) is 71.5 Å². The van der Waals surface area contributed by atoms with Crippen molar-refractivity contribution in [1.29, 1.82) is 0 Å². The van der Waals surface area contributed by atoms with Gasteiger partial charge in [-0.2, -0.15) is 0 Å². The van der Waals surface area contributed by atoms with Crippen molar-refractivity contribution in [3.63, 3.8) is 0 Å². The van der Waals surface area contributed by atoms with Crippen molar-refractivity contribution < 1.29 is 9.21 Å². The molecule has 4 rings (SSSR count). The lowest BCUT2D eigenvalue weighted by atomic mass is 10.1. The summed E-state index contributed by atoms with van der Waals surface area (Å²) in [6.07, 6.45) is 1.69. The van der Waals surface area contributed by atoms with Gasteiger partial charge in [-0.1, -0.05) is 29.8 Å². The molecule has 0 aliphatic heterocycles. The van der Waals surface area contributed by atoms with Crippen LogP contribution in [-0.2, 0) is 0 Å². The van der Waals surface area contributed by atoms with E-state index in [1.54, 1.807) is 37.3 Å². The van der Waals surface area contributed by atoms with Gasteiger partial charge in [0.15, 0.2) is 0 Å². The van der Waals surface area contributed by atoms with Gasteiger partial charge in [-0.25, -0.2) is 4.98 Å². The van der Waals surface area contributed by atoms with E-state index < -0.39 is 0 Å². The quantitative estimate of drug-likeness (QED) is 0.512. The summed E-state index contributed by atoms with van der Waals surface area (Å²) in [6, 6.07) is 15.1. The number of aromatic nitrogens is 4. The van der Waals surface area contributed by atoms with Gasteiger partial charge in [-0.3, -0.25) is 9.78 Å². The Morgan fingerprint density at radius 2 is 1.50 bits per heavy atom. The summed E-state index contributed by atoms with van der Waals surface area (Å²) in [6.45, 7) is 3.87. The molecule has 2 heterocycles. The molecule has 4 aromatic rings. The van der Waals surface area contributed by atoms with E-state index in [2.05, 4.69) is 20.2 Å². The maximum Gasteiger partial charge on any atom is 0.268 e. The third kappa shape index (κ3) is 3.82. The molecular weight excluding hydrogens is 378 g/mol. The SMILES string of the molecule is Cc1ccc(-c2nnc(-c3nc(-c4ccc(C(=O)N(C)C)cc4)cnc3C)o2)cc1. The topological polar surface area (TPSA) is 85.0 Å². The molecule has 7 nitrogen and oxygen atoms in total. The van der Waals surface area contributed by atoms with Crippen LogP contribution in [0.3, 0.4) is 0 Å². The Labute approximate surface area is 174 Å². The van der Waals surface area contributed by atoms with E-state index >= 15 is 0 Å². The number of benzene rings is 2. The second-order valence-electron chi connectivity index (χ2n) is 7.24. The molecule has 0 spiro atoms. The van der Waals surface area contributed by atoms with Crippen LogP contribution in [0.1, 0.15) is 21.6 Å². The smallest absolute Gasteiger partial charge is 0.268 e. The minimum atomic E-state index is -0.0493. The highest BCUT2D eigenvalue weighted by atomic mass is 16.4. The number of amides is 1. The maximum atomic E-state index is 12.1. The highest BCUT2D eigenvalue weighted by Gasteiger charge is 2.16. The number of carbonyl (C=O) groups excluding carboxylic acids is 1. The molecule has 0 aliphatic rings. The molecule has 0 fully saturated rings. The van der Waals surface area contributed by atoms with E-state index in [0.29, 0.717) is 34.4 Å². The Hall–Kier alpha value is -3.87. The summed E-state index contributed by atoms with van der Waals surface area (Å²) in [7, 11) is 3.45. The first kappa shape index (κ1) is 19.4. The van der Waals surface area contributed by atoms with Gasteiger partial charge in [0.1, 0.15) is 5.69 Å². The fourth-order valence-electron chi connectivity index (χ4n) is 2.96. The molecule has 7 heteroatoms. The van der Waals surface area contributed by atoms with Gasteiger partial charge in [-0.15, -0.1) is 10.2 Å². The fourth-order valence-corrected chi connectivity index (χ4v) is 2.96. The summed E-state index contributed by atoms with van der Waals surface area (Å²) in [5.41, 5.74) is 5.35. The molecule has 1 amide bonds. The third-order valence-electron chi connectivity index (χ3n) is 4.72. The average Bonchev–Trinajstić information content (AvgIpc) is 3.24. The fraction of sp³-hybridized carbons (Fsp3) is 0.174. The van der Waals surface area contributed by atoms with E-state index in [1.165, 1.54) is 0 Å². The van der Waals surface area contributed by atoms with Crippen LogP contribution in [0, 0.1) is 13.8 Å². The summed E-state index contributed by atoms with van der Waals surface area (Å²) in [5, 5.41) is 8.33. The molecule has 150 valence electrons. The Balaban J connectivity index is 1.66. The van der Waals surface area contributed by atoms with Crippen molar-refractivity contribution in [3.8, 4) is 34.3 Å². The third-order valence-corrected chi connectivity index (χ3v) is 4.72. The lowest BCUT2D eigenvalue weighted by Crippen LogP contribution is -2.21. The van der Waals surface area contributed by atoms with Gasteiger partial charge in [-0.05, 0) is 38.1 Å². The molecule has 30 heavy (non-hydrogen) atoms. The minimum absolute atomic E-state index is 0.0493. The normalized spacial score (nSPS) is 10.8. The van der Waals surface area contributed by atoms with E-state index in [1.807, 2.05) is 50.2 Å². The van der Waals surface area contributed by atoms with Gasteiger partial charge in [0.25, 0.3) is 11.8 Å². The monoisotopic (exact) mass is 399 g/mol. The summed E-state index contributed by atoms with van der Waals surface area (Å²) < 4.78 is 5.87. The van der Waals surface area contributed by atoms with Crippen molar-refractivity contribution in [2.24, 2.45) is 0 Å². The Morgan fingerprint density at radius 1 is 0.867 bits per heavy atom. The molecule has 0 aliphatic carbocycles. The van der Waals surface area contributed by atoms with Crippen LogP contribution in [-0.4, -0.2) is 45.1 Å². The molecule has 0 saturated carbocycles. The van der Waals surface area contributed by atoms with Gasteiger partial charge < -0.3 is 9.32 Å². The average molecular weight is 399 g/mol. The van der Waals surface area contributed by atoms with Crippen LogP contribution >= 0.6 is 0 Å².